The first-order valence-corrected chi connectivity index (χ1v) is 6.38. The number of rotatable bonds is 1. The van der Waals surface area contributed by atoms with Crippen LogP contribution in [0, 0.1) is 3.57 Å². The average molecular weight is 336 g/mol. The van der Waals surface area contributed by atoms with Crippen LogP contribution in [0.4, 0.5) is 0 Å². The summed E-state index contributed by atoms with van der Waals surface area (Å²) in [7, 11) is 0. The Morgan fingerprint density at radius 2 is 2.20 bits per heavy atom. The molecule has 0 aliphatic carbocycles. The molecule has 1 heterocycles. The van der Waals surface area contributed by atoms with Gasteiger partial charge in [-0.1, -0.05) is 12.1 Å². The van der Waals surface area contributed by atoms with Crippen LogP contribution in [0.2, 0.25) is 0 Å². The summed E-state index contributed by atoms with van der Waals surface area (Å²) in [6, 6.07) is 7.64. The van der Waals surface area contributed by atoms with Crippen LogP contribution >= 0.6 is 34.2 Å². The summed E-state index contributed by atoms with van der Waals surface area (Å²) in [5, 5.41) is 0.121. The number of likely N-dealkylation sites (tertiary alicyclic amines) is 1. The Morgan fingerprint density at radius 3 is 2.80 bits per heavy atom. The third-order valence-electron chi connectivity index (χ3n) is 2.52. The largest absolute Gasteiger partial charge is 0.337 e. The SMILES string of the molecule is O=C(c1ccccc1I)N1CCC(Cl)C1. The van der Waals surface area contributed by atoms with Crippen LogP contribution < -0.4 is 0 Å². The van der Waals surface area contributed by atoms with Gasteiger partial charge in [0.15, 0.2) is 0 Å². The van der Waals surface area contributed by atoms with E-state index in [4.69, 9.17) is 11.6 Å². The molecular formula is C11H11ClINO. The van der Waals surface area contributed by atoms with Gasteiger partial charge in [-0.3, -0.25) is 4.79 Å². The first-order chi connectivity index (χ1) is 7.18. The molecule has 0 radical (unpaired) electrons. The van der Waals surface area contributed by atoms with Crippen LogP contribution in [0.5, 0.6) is 0 Å². The summed E-state index contributed by atoms with van der Waals surface area (Å²) >= 11 is 8.17. The zero-order chi connectivity index (χ0) is 10.8. The highest BCUT2D eigenvalue weighted by atomic mass is 127. The topological polar surface area (TPSA) is 20.3 Å². The Hall–Kier alpha value is -0.290. The monoisotopic (exact) mass is 335 g/mol. The second kappa shape index (κ2) is 4.70. The van der Waals surface area contributed by atoms with Gasteiger partial charge in [0.25, 0.3) is 5.91 Å². The van der Waals surface area contributed by atoms with E-state index in [0.717, 1.165) is 22.1 Å². The minimum atomic E-state index is 0.100. The van der Waals surface area contributed by atoms with E-state index in [0.29, 0.717) is 6.54 Å². The molecule has 0 aromatic heterocycles. The number of carbonyl (C=O) groups excluding carboxylic acids is 1. The van der Waals surface area contributed by atoms with Gasteiger partial charge in [-0.25, -0.2) is 0 Å². The predicted molar refractivity (Wildman–Crippen MR) is 69.3 cm³/mol. The van der Waals surface area contributed by atoms with E-state index in [-0.39, 0.29) is 11.3 Å². The first kappa shape index (κ1) is 11.2. The van der Waals surface area contributed by atoms with E-state index < -0.39 is 0 Å². The summed E-state index contributed by atoms with van der Waals surface area (Å²) in [5.41, 5.74) is 0.781. The normalized spacial score (nSPS) is 20.7. The van der Waals surface area contributed by atoms with Gasteiger partial charge in [-0.2, -0.15) is 0 Å². The molecule has 4 heteroatoms. The van der Waals surface area contributed by atoms with Gasteiger partial charge < -0.3 is 4.90 Å². The van der Waals surface area contributed by atoms with Crippen molar-refractivity contribution in [3.05, 3.63) is 33.4 Å². The Balaban J connectivity index is 2.18. The number of carbonyl (C=O) groups is 1. The van der Waals surface area contributed by atoms with E-state index in [1.54, 1.807) is 0 Å². The van der Waals surface area contributed by atoms with Gasteiger partial charge in [0.05, 0.1) is 10.9 Å². The van der Waals surface area contributed by atoms with Crippen LogP contribution in [0.1, 0.15) is 16.8 Å². The number of alkyl halides is 1. The maximum absolute atomic E-state index is 12.1. The standard InChI is InChI=1S/C11H11ClINO/c12-8-5-6-14(7-8)11(15)9-3-1-2-4-10(9)13/h1-4,8H,5-7H2. The molecule has 0 saturated carbocycles. The van der Waals surface area contributed by atoms with Crippen LogP contribution in [-0.4, -0.2) is 29.3 Å². The molecule has 0 bridgehead atoms. The third kappa shape index (κ3) is 2.45. The van der Waals surface area contributed by atoms with Crippen molar-refractivity contribution in [2.75, 3.05) is 13.1 Å². The van der Waals surface area contributed by atoms with Crippen LogP contribution in [-0.2, 0) is 0 Å². The molecule has 1 amide bonds. The molecular weight excluding hydrogens is 324 g/mol. The second-order valence-electron chi connectivity index (χ2n) is 3.62. The highest BCUT2D eigenvalue weighted by Crippen LogP contribution is 2.20. The molecule has 15 heavy (non-hydrogen) atoms. The molecule has 0 N–H and O–H groups in total. The van der Waals surface area contributed by atoms with Crippen molar-refractivity contribution in [2.24, 2.45) is 0 Å². The van der Waals surface area contributed by atoms with E-state index in [1.807, 2.05) is 29.2 Å². The Morgan fingerprint density at radius 1 is 1.47 bits per heavy atom. The molecule has 1 fully saturated rings. The van der Waals surface area contributed by atoms with Crippen molar-refractivity contribution >= 4 is 40.1 Å². The molecule has 1 aromatic rings. The highest BCUT2D eigenvalue weighted by Gasteiger charge is 2.26. The van der Waals surface area contributed by atoms with E-state index in [9.17, 15) is 4.79 Å². The molecule has 1 atom stereocenters. The summed E-state index contributed by atoms with van der Waals surface area (Å²) in [5.74, 6) is 0.100. The highest BCUT2D eigenvalue weighted by molar-refractivity contribution is 14.1. The van der Waals surface area contributed by atoms with Crippen molar-refractivity contribution in [2.45, 2.75) is 11.8 Å². The van der Waals surface area contributed by atoms with Crippen LogP contribution in [0.3, 0.4) is 0 Å². The minimum Gasteiger partial charge on any atom is -0.337 e. The van der Waals surface area contributed by atoms with Crippen LogP contribution in [0.25, 0.3) is 0 Å². The van der Waals surface area contributed by atoms with Gasteiger partial charge in [-0.15, -0.1) is 11.6 Å². The van der Waals surface area contributed by atoms with Gasteiger partial charge >= 0.3 is 0 Å². The first-order valence-electron chi connectivity index (χ1n) is 4.86. The molecule has 1 aliphatic rings. The molecule has 1 unspecified atom stereocenters. The third-order valence-corrected chi connectivity index (χ3v) is 3.82. The van der Waals surface area contributed by atoms with Gasteiger partial charge in [0.1, 0.15) is 0 Å². The number of amides is 1. The van der Waals surface area contributed by atoms with Crippen molar-refractivity contribution < 1.29 is 4.79 Å². The van der Waals surface area contributed by atoms with Gasteiger partial charge in [0.2, 0.25) is 0 Å². The van der Waals surface area contributed by atoms with E-state index in [2.05, 4.69) is 22.6 Å². The maximum Gasteiger partial charge on any atom is 0.254 e. The van der Waals surface area contributed by atoms with Crippen LogP contribution in [0.15, 0.2) is 24.3 Å². The zero-order valence-electron chi connectivity index (χ0n) is 8.12. The molecule has 0 spiro atoms. The van der Waals surface area contributed by atoms with Crippen molar-refractivity contribution in [1.82, 2.24) is 4.90 Å². The molecule has 80 valence electrons. The fraction of sp³-hybridized carbons (Fsp3) is 0.364. The fourth-order valence-corrected chi connectivity index (χ4v) is 2.59. The molecule has 1 aliphatic heterocycles. The zero-order valence-corrected chi connectivity index (χ0v) is 11.0. The fourth-order valence-electron chi connectivity index (χ4n) is 1.71. The summed E-state index contributed by atoms with van der Waals surface area (Å²) in [4.78, 5) is 13.9. The lowest BCUT2D eigenvalue weighted by atomic mass is 10.2. The smallest absolute Gasteiger partial charge is 0.254 e. The Bertz CT molecular complexity index is 383. The Kier molecular flexibility index (Phi) is 3.51. The number of hydrogen-bond acceptors (Lipinski definition) is 1. The molecule has 1 aromatic carbocycles. The van der Waals surface area contributed by atoms with Crippen molar-refractivity contribution in [1.29, 1.82) is 0 Å². The number of benzene rings is 1. The summed E-state index contributed by atoms with van der Waals surface area (Å²) < 4.78 is 0.998. The lowest BCUT2D eigenvalue weighted by Crippen LogP contribution is -2.29. The van der Waals surface area contributed by atoms with Crippen molar-refractivity contribution in [3.63, 3.8) is 0 Å². The average Bonchev–Trinajstić information content (AvgIpc) is 2.65. The molecule has 1 saturated heterocycles. The quantitative estimate of drug-likeness (QED) is 0.571. The number of halogens is 2. The minimum absolute atomic E-state index is 0.100. The summed E-state index contributed by atoms with van der Waals surface area (Å²) in [6.45, 7) is 1.45. The molecule has 2 rings (SSSR count). The van der Waals surface area contributed by atoms with E-state index >= 15 is 0 Å². The molecule has 2 nitrogen and oxygen atoms in total. The van der Waals surface area contributed by atoms with Gasteiger partial charge in [0, 0.05) is 16.7 Å². The second-order valence-corrected chi connectivity index (χ2v) is 5.40. The summed E-state index contributed by atoms with van der Waals surface area (Å²) in [6.07, 6.45) is 0.900. The maximum atomic E-state index is 12.1. The number of hydrogen-bond donors (Lipinski definition) is 0. The lowest BCUT2D eigenvalue weighted by Gasteiger charge is -2.16. The predicted octanol–water partition coefficient (Wildman–Crippen LogP) is 2.74. The van der Waals surface area contributed by atoms with Crippen molar-refractivity contribution in [3.8, 4) is 0 Å². The van der Waals surface area contributed by atoms with E-state index in [1.165, 1.54) is 0 Å². The lowest BCUT2D eigenvalue weighted by molar-refractivity contribution is 0.0792. The number of nitrogens with zero attached hydrogens (tertiary/aromatic N) is 1. The Labute approximate surface area is 108 Å². The van der Waals surface area contributed by atoms with Gasteiger partial charge in [-0.05, 0) is 41.1 Å².